The summed E-state index contributed by atoms with van der Waals surface area (Å²) in [6, 6.07) is 12.7. The zero-order valence-electron chi connectivity index (χ0n) is 13.5. The highest BCUT2D eigenvalue weighted by Crippen LogP contribution is 2.21. The van der Waals surface area contributed by atoms with E-state index in [0.717, 1.165) is 10.0 Å². The van der Waals surface area contributed by atoms with Crippen molar-refractivity contribution >= 4 is 33.7 Å². The normalized spacial score (nSPS) is 11.4. The topological polar surface area (TPSA) is 98.5 Å². The van der Waals surface area contributed by atoms with Crippen LogP contribution in [0.2, 0.25) is 0 Å². The lowest BCUT2D eigenvalue weighted by Crippen LogP contribution is -2.30. The van der Waals surface area contributed by atoms with Gasteiger partial charge in [0, 0.05) is 15.6 Å². The van der Waals surface area contributed by atoms with Gasteiger partial charge in [0.15, 0.2) is 0 Å². The van der Waals surface area contributed by atoms with Crippen molar-refractivity contribution in [2.24, 2.45) is 5.73 Å². The Bertz CT molecular complexity index is 773. The number of hydrogen-bond acceptors (Lipinski definition) is 4. The Hall–Kier alpha value is -2.67. The van der Waals surface area contributed by atoms with E-state index in [2.05, 4.69) is 21.2 Å². The van der Waals surface area contributed by atoms with Gasteiger partial charge in [-0.15, -0.1) is 0 Å². The van der Waals surface area contributed by atoms with Crippen molar-refractivity contribution < 1.29 is 19.1 Å². The van der Waals surface area contributed by atoms with Gasteiger partial charge in [-0.2, -0.15) is 0 Å². The Morgan fingerprint density at radius 3 is 2.12 bits per heavy atom. The molecule has 0 bridgehead atoms. The summed E-state index contributed by atoms with van der Waals surface area (Å²) in [6.45, 7) is 0. The fourth-order valence-electron chi connectivity index (χ4n) is 2.22. The molecule has 0 saturated heterocycles. The number of halogens is 1. The van der Waals surface area contributed by atoms with Crippen molar-refractivity contribution in [3.8, 4) is 0 Å². The molecule has 0 fully saturated rings. The first-order valence-corrected chi connectivity index (χ1v) is 8.23. The lowest BCUT2D eigenvalue weighted by molar-refractivity contribution is -0.141. The monoisotopic (exact) mass is 404 g/mol. The van der Waals surface area contributed by atoms with Crippen molar-refractivity contribution in [2.45, 2.75) is 12.5 Å². The largest absolute Gasteiger partial charge is 0.469 e. The van der Waals surface area contributed by atoms with E-state index < -0.39 is 17.9 Å². The lowest BCUT2D eigenvalue weighted by Gasteiger charge is -2.18. The minimum atomic E-state index is -0.564. The minimum Gasteiger partial charge on any atom is -0.469 e. The number of nitrogens with two attached hydrogens (primary N) is 1. The maximum atomic E-state index is 12.5. The van der Waals surface area contributed by atoms with Gasteiger partial charge in [-0.05, 0) is 42.0 Å². The number of primary amides is 1. The Morgan fingerprint density at radius 1 is 1.04 bits per heavy atom. The molecule has 0 aliphatic rings. The van der Waals surface area contributed by atoms with Crippen LogP contribution in [-0.2, 0) is 9.53 Å². The zero-order valence-corrected chi connectivity index (χ0v) is 15.1. The quantitative estimate of drug-likeness (QED) is 0.722. The van der Waals surface area contributed by atoms with Gasteiger partial charge in [-0.25, -0.2) is 0 Å². The van der Waals surface area contributed by atoms with Gasteiger partial charge >= 0.3 is 5.97 Å². The zero-order chi connectivity index (χ0) is 18.4. The maximum Gasteiger partial charge on any atom is 0.307 e. The summed E-state index contributed by atoms with van der Waals surface area (Å²) in [5.74, 6) is -1.37. The summed E-state index contributed by atoms with van der Waals surface area (Å²) < 4.78 is 5.59. The summed E-state index contributed by atoms with van der Waals surface area (Å²) in [5.41, 5.74) is 6.63. The number of carbonyl (C=O) groups excluding carboxylic acids is 3. The third kappa shape index (κ3) is 5.15. The van der Waals surface area contributed by atoms with Crippen LogP contribution in [0, 0.1) is 0 Å². The van der Waals surface area contributed by atoms with Gasteiger partial charge in [0.25, 0.3) is 5.91 Å². The fraction of sp³-hybridized carbons (Fsp3) is 0.167. The number of benzene rings is 2. The molecule has 2 rings (SSSR count). The molecule has 6 nitrogen and oxygen atoms in total. The van der Waals surface area contributed by atoms with Crippen LogP contribution in [0.1, 0.15) is 38.7 Å². The van der Waals surface area contributed by atoms with Gasteiger partial charge in [0.2, 0.25) is 5.91 Å². The van der Waals surface area contributed by atoms with Gasteiger partial charge in [-0.1, -0.05) is 28.1 Å². The van der Waals surface area contributed by atoms with Crippen molar-refractivity contribution in [3.63, 3.8) is 0 Å². The molecule has 2 amide bonds. The number of nitrogens with one attached hydrogen (secondary N) is 1. The number of hydrogen-bond donors (Lipinski definition) is 2. The molecule has 0 radical (unpaired) electrons. The van der Waals surface area contributed by atoms with Crippen molar-refractivity contribution in [1.82, 2.24) is 5.32 Å². The number of esters is 1. The first-order valence-electron chi connectivity index (χ1n) is 7.43. The molecule has 0 aliphatic carbocycles. The fourth-order valence-corrected chi connectivity index (χ4v) is 2.49. The molecule has 7 heteroatoms. The third-order valence-electron chi connectivity index (χ3n) is 3.61. The first kappa shape index (κ1) is 18.7. The Balaban J connectivity index is 2.19. The van der Waals surface area contributed by atoms with E-state index in [4.69, 9.17) is 10.5 Å². The van der Waals surface area contributed by atoms with Crippen LogP contribution in [-0.4, -0.2) is 24.9 Å². The van der Waals surface area contributed by atoms with Crippen molar-refractivity contribution in [3.05, 3.63) is 69.7 Å². The SMILES string of the molecule is COC(=O)CC(NC(=O)c1ccc(C(N)=O)cc1)c1ccc(Br)cc1. The van der Waals surface area contributed by atoms with Gasteiger partial charge < -0.3 is 15.8 Å². The van der Waals surface area contributed by atoms with Crippen LogP contribution in [0.15, 0.2) is 53.0 Å². The summed E-state index contributed by atoms with van der Waals surface area (Å²) in [5, 5.41) is 2.81. The molecule has 1 atom stereocenters. The second-order valence-corrected chi connectivity index (χ2v) is 6.22. The first-order chi connectivity index (χ1) is 11.9. The van der Waals surface area contributed by atoms with Crippen LogP contribution in [0.25, 0.3) is 0 Å². The van der Waals surface area contributed by atoms with Gasteiger partial charge in [0.1, 0.15) is 0 Å². The smallest absolute Gasteiger partial charge is 0.307 e. The van der Waals surface area contributed by atoms with E-state index in [0.29, 0.717) is 11.1 Å². The molecule has 3 N–H and O–H groups in total. The molecule has 0 aromatic heterocycles. The average Bonchev–Trinajstić information content (AvgIpc) is 2.61. The molecule has 0 aliphatic heterocycles. The molecular formula is C18H17BrN2O4. The molecule has 2 aromatic carbocycles. The summed E-state index contributed by atoms with van der Waals surface area (Å²) >= 11 is 3.35. The van der Waals surface area contributed by atoms with Gasteiger partial charge in [-0.3, -0.25) is 14.4 Å². The summed E-state index contributed by atoms with van der Waals surface area (Å²) in [6.07, 6.45) is 0.00322. The number of methoxy groups -OCH3 is 1. The van der Waals surface area contributed by atoms with Gasteiger partial charge in [0.05, 0.1) is 19.6 Å². The predicted octanol–water partition coefficient (Wildman–Crippen LogP) is 2.58. The maximum absolute atomic E-state index is 12.5. The van der Waals surface area contributed by atoms with E-state index >= 15 is 0 Å². The molecule has 0 saturated carbocycles. The number of amides is 2. The molecule has 2 aromatic rings. The lowest BCUT2D eigenvalue weighted by atomic mass is 10.0. The van der Waals surface area contributed by atoms with Crippen LogP contribution in [0.4, 0.5) is 0 Å². The Kier molecular flexibility index (Phi) is 6.30. The van der Waals surface area contributed by atoms with E-state index in [1.54, 1.807) is 0 Å². The number of ether oxygens (including phenoxy) is 1. The standard InChI is InChI=1S/C18H17BrN2O4/c1-25-16(22)10-15(11-6-8-14(19)9-7-11)21-18(24)13-4-2-12(3-5-13)17(20)23/h2-9,15H,10H2,1H3,(H2,20,23)(H,21,24). The van der Waals surface area contributed by atoms with Crippen LogP contribution >= 0.6 is 15.9 Å². The van der Waals surface area contributed by atoms with Crippen LogP contribution in [0.3, 0.4) is 0 Å². The third-order valence-corrected chi connectivity index (χ3v) is 4.14. The number of carbonyl (C=O) groups is 3. The van der Waals surface area contributed by atoms with Crippen LogP contribution < -0.4 is 11.1 Å². The molecule has 0 spiro atoms. The molecule has 0 heterocycles. The second kappa shape index (κ2) is 8.43. The van der Waals surface area contributed by atoms with E-state index in [-0.39, 0.29) is 12.3 Å². The molecular weight excluding hydrogens is 388 g/mol. The average molecular weight is 405 g/mol. The Morgan fingerprint density at radius 2 is 1.60 bits per heavy atom. The molecule has 130 valence electrons. The van der Waals surface area contributed by atoms with E-state index in [9.17, 15) is 14.4 Å². The predicted molar refractivity (Wildman–Crippen MR) is 95.9 cm³/mol. The number of rotatable bonds is 6. The van der Waals surface area contributed by atoms with E-state index in [1.165, 1.54) is 31.4 Å². The second-order valence-electron chi connectivity index (χ2n) is 5.30. The highest BCUT2D eigenvalue weighted by Gasteiger charge is 2.20. The summed E-state index contributed by atoms with van der Waals surface area (Å²) in [4.78, 5) is 35.2. The molecule has 25 heavy (non-hydrogen) atoms. The van der Waals surface area contributed by atoms with E-state index in [1.807, 2.05) is 24.3 Å². The van der Waals surface area contributed by atoms with Crippen LogP contribution in [0.5, 0.6) is 0 Å². The Labute approximate surface area is 153 Å². The minimum absolute atomic E-state index is 0.00322. The highest BCUT2D eigenvalue weighted by molar-refractivity contribution is 9.10. The molecule has 1 unspecified atom stereocenters. The summed E-state index contributed by atoms with van der Waals surface area (Å²) in [7, 11) is 1.30. The van der Waals surface area contributed by atoms with Crippen molar-refractivity contribution in [1.29, 1.82) is 0 Å². The van der Waals surface area contributed by atoms with Crippen molar-refractivity contribution in [2.75, 3.05) is 7.11 Å². The highest BCUT2D eigenvalue weighted by atomic mass is 79.9.